The minimum atomic E-state index is 0.363. The summed E-state index contributed by atoms with van der Waals surface area (Å²) >= 11 is 0. The molecule has 2 aromatic rings. The predicted molar refractivity (Wildman–Crippen MR) is 83.7 cm³/mol. The molecule has 0 saturated heterocycles. The third-order valence-electron chi connectivity index (χ3n) is 3.22. The Morgan fingerprint density at radius 2 is 2.05 bits per heavy atom. The van der Waals surface area contributed by atoms with Crippen LogP contribution in [0.4, 0.5) is 0 Å². The summed E-state index contributed by atoms with van der Waals surface area (Å²) in [5.74, 6) is 1.69. The second-order valence-electron chi connectivity index (χ2n) is 5.52. The summed E-state index contributed by atoms with van der Waals surface area (Å²) in [6.07, 6.45) is 0. The number of nitrogens with one attached hydrogen (secondary N) is 1. The van der Waals surface area contributed by atoms with Crippen LogP contribution in [0.25, 0.3) is 0 Å². The van der Waals surface area contributed by atoms with E-state index in [0.717, 1.165) is 24.5 Å². The average molecular weight is 288 g/mol. The number of hydrogen-bond donors (Lipinski definition) is 1. The zero-order valence-electron chi connectivity index (χ0n) is 13.5. The first kappa shape index (κ1) is 15.5. The molecular weight excluding hydrogens is 264 g/mol. The summed E-state index contributed by atoms with van der Waals surface area (Å²) in [7, 11) is 1.87. The number of nitrogens with zero attached hydrogens (tertiary/aromatic N) is 3. The smallest absolute Gasteiger partial charge is 0.221 e. The Balaban J connectivity index is 2.28. The number of aryl methyl sites for hydroxylation is 2. The van der Waals surface area contributed by atoms with Gasteiger partial charge in [0.15, 0.2) is 0 Å². The van der Waals surface area contributed by atoms with Gasteiger partial charge in [-0.05, 0) is 31.0 Å². The Hall–Kier alpha value is -1.88. The lowest BCUT2D eigenvalue weighted by molar-refractivity contribution is 0.412. The predicted octanol–water partition coefficient (Wildman–Crippen LogP) is 3.15. The maximum Gasteiger partial charge on any atom is 0.221 e. The van der Waals surface area contributed by atoms with E-state index in [0.29, 0.717) is 17.7 Å². The van der Waals surface area contributed by atoms with Crippen molar-refractivity contribution in [2.75, 3.05) is 6.54 Å². The van der Waals surface area contributed by atoms with Crippen molar-refractivity contribution in [1.82, 2.24) is 20.1 Å². The Kier molecular flexibility index (Phi) is 4.96. The van der Waals surface area contributed by atoms with Gasteiger partial charge in [-0.2, -0.15) is 5.10 Å². The largest absolute Gasteiger partial charge is 0.421 e. The summed E-state index contributed by atoms with van der Waals surface area (Å²) in [5.41, 5.74) is 3.16. The molecule has 5 heteroatoms. The fourth-order valence-electron chi connectivity index (χ4n) is 2.09. The molecule has 0 aliphatic heterocycles. The normalized spacial score (nSPS) is 11.1. The summed E-state index contributed by atoms with van der Waals surface area (Å²) in [4.78, 5) is 4.60. The van der Waals surface area contributed by atoms with Crippen molar-refractivity contribution in [3.8, 4) is 11.8 Å². The van der Waals surface area contributed by atoms with Crippen molar-refractivity contribution in [2.45, 2.75) is 40.2 Å². The van der Waals surface area contributed by atoms with Gasteiger partial charge >= 0.3 is 0 Å². The van der Waals surface area contributed by atoms with Crippen LogP contribution in [0.3, 0.4) is 0 Å². The van der Waals surface area contributed by atoms with Crippen molar-refractivity contribution in [1.29, 1.82) is 0 Å². The molecule has 0 spiro atoms. The van der Waals surface area contributed by atoms with Crippen LogP contribution in [0.15, 0.2) is 18.2 Å². The highest BCUT2D eigenvalue weighted by atomic mass is 16.5. The minimum absolute atomic E-state index is 0.363. The number of aromatic nitrogens is 3. The molecule has 0 aliphatic carbocycles. The van der Waals surface area contributed by atoms with Gasteiger partial charge in [0.1, 0.15) is 0 Å². The molecule has 2 heterocycles. The lowest BCUT2D eigenvalue weighted by Gasteiger charge is -2.12. The SMILES string of the molecule is CCNCc1cc(Oc2cc(C)nn2C)nc(C(C)C)c1. The lowest BCUT2D eigenvalue weighted by Crippen LogP contribution is -2.12. The highest BCUT2D eigenvalue weighted by Gasteiger charge is 2.10. The zero-order chi connectivity index (χ0) is 15.4. The molecule has 2 rings (SSSR count). The highest BCUT2D eigenvalue weighted by molar-refractivity contribution is 5.29. The Morgan fingerprint density at radius 3 is 2.62 bits per heavy atom. The number of pyridine rings is 1. The van der Waals surface area contributed by atoms with Crippen LogP contribution in [0, 0.1) is 6.92 Å². The van der Waals surface area contributed by atoms with E-state index >= 15 is 0 Å². The fraction of sp³-hybridized carbons (Fsp3) is 0.500. The van der Waals surface area contributed by atoms with E-state index in [4.69, 9.17) is 4.74 Å². The zero-order valence-corrected chi connectivity index (χ0v) is 13.5. The number of hydrogen-bond acceptors (Lipinski definition) is 4. The van der Waals surface area contributed by atoms with Crippen LogP contribution in [-0.2, 0) is 13.6 Å². The lowest BCUT2D eigenvalue weighted by atomic mass is 10.1. The van der Waals surface area contributed by atoms with Crippen molar-refractivity contribution >= 4 is 0 Å². The molecule has 0 amide bonds. The van der Waals surface area contributed by atoms with Crippen LogP contribution in [0.1, 0.15) is 43.6 Å². The molecule has 2 aromatic heterocycles. The van der Waals surface area contributed by atoms with E-state index in [-0.39, 0.29) is 0 Å². The first-order valence-corrected chi connectivity index (χ1v) is 7.39. The van der Waals surface area contributed by atoms with Gasteiger partial charge in [0.25, 0.3) is 0 Å². The maximum absolute atomic E-state index is 5.90. The second-order valence-corrected chi connectivity index (χ2v) is 5.52. The minimum Gasteiger partial charge on any atom is -0.421 e. The van der Waals surface area contributed by atoms with Crippen LogP contribution in [0.2, 0.25) is 0 Å². The molecule has 0 radical (unpaired) electrons. The monoisotopic (exact) mass is 288 g/mol. The van der Waals surface area contributed by atoms with Crippen molar-refractivity contribution in [2.24, 2.45) is 7.05 Å². The van der Waals surface area contributed by atoms with Gasteiger partial charge in [-0.15, -0.1) is 0 Å². The Bertz CT molecular complexity index is 604. The summed E-state index contributed by atoms with van der Waals surface area (Å²) in [5, 5.41) is 7.62. The van der Waals surface area contributed by atoms with Gasteiger partial charge in [0, 0.05) is 31.4 Å². The molecule has 1 N–H and O–H groups in total. The van der Waals surface area contributed by atoms with E-state index in [1.165, 1.54) is 5.56 Å². The second kappa shape index (κ2) is 6.72. The Labute approximate surface area is 126 Å². The van der Waals surface area contributed by atoms with Crippen LogP contribution >= 0.6 is 0 Å². The molecule has 0 atom stereocenters. The van der Waals surface area contributed by atoms with E-state index in [1.54, 1.807) is 4.68 Å². The summed E-state index contributed by atoms with van der Waals surface area (Å²) in [6, 6.07) is 6.03. The van der Waals surface area contributed by atoms with Crippen molar-refractivity contribution < 1.29 is 4.74 Å². The van der Waals surface area contributed by atoms with Gasteiger partial charge in [0.05, 0.1) is 5.69 Å². The molecule has 0 aromatic carbocycles. The summed E-state index contributed by atoms with van der Waals surface area (Å²) in [6.45, 7) is 10.1. The molecule has 21 heavy (non-hydrogen) atoms. The average Bonchev–Trinajstić information content (AvgIpc) is 2.74. The third-order valence-corrected chi connectivity index (χ3v) is 3.22. The maximum atomic E-state index is 5.90. The molecule has 114 valence electrons. The van der Waals surface area contributed by atoms with Gasteiger partial charge in [-0.3, -0.25) is 0 Å². The van der Waals surface area contributed by atoms with E-state index < -0.39 is 0 Å². The van der Waals surface area contributed by atoms with E-state index in [1.807, 2.05) is 26.1 Å². The quantitative estimate of drug-likeness (QED) is 0.887. The van der Waals surface area contributed by atoms with Crippen LogP contribution in [-0.4, -0.2) is 21.3 Å². The van der Waals surface area contributed by atoms with Gasteiger partial charge in [-0.25, -0.2) is 9.67 Å². The number of ether oxygens (including phenoxy) is 1. The molecule has 0 fully saturated rings. The van der Waals surface area contributed by atoms with Gasteiger partial charge in [0.2, 0.25) is 11.8 Å². The van der Waals surface area contributed by atoms with E-state index in [9.17, 15) is 0 Å². The Morgan fingerprint density at radius 1 is 1.29 bits per heavy atom. The van der Waals surface area contributed by atoms with Crippen molar-refractivity contribution in [3.05, 3.63) is 35.2 Å². The highest BCUT2D eigenvalue weighted by Crippen LogP contribution is 2.24. The molecule has 0 unspecified atom stereocenters. The standard InChI is InChI=1S/C16H24N4O/c1-6-17-10-13-8-14(11(2)3)18-15(9-13)21-16-7-12(4)19-20(16)5/h7-9,11,17H,6,10H2,1-5H3. The van der Waals surface area contributed by atoms with Gasteiger partial charge in [-0.1, -0.05) is 20.8 Å². The molecular formula is C16H24N4O. The van der Waals surface area contributed by atoms with Gasteiger partial charge < -0.3 is 10.1 Å². The number of rotatable bonds is 6. The molecule has 0 saturated carbocycles. The molecule has 5 nitrogen and oxygen atoms in total. The van der Waals surface area contributed by atoms with Crippen LogP contribution < -0.4 is 10.1 Å². The molecule has 0 aliphatic rings. The van der Waals surface area contributed by atoms with Crippen LogP contribution in [0.5, 0.6) is 11.8 Å². The summed E-state index contributed by atoms with van der Waals surface area (Å²) < 4.78 is 7.63. The first-order valence-electron chi connectivity index (χ1n) is 7.39. The van der Waals surface area contributed by atoms with Crippen molar-refractivity contribution in [3.63, 3.8) is 0 Å². The molecule has 0 bridgehead atoms. The topological polar surface area (TPSA) is 52.0 Å². The third kappa shape index (κ3) is 4.04. The first-order chi connectivity index (χ1) is 9.99. The van der Waals surface area contributed by atoms with E-state index in [2.05, 4.69) is 42.2 Å². The fourth-order valence-corrected chi connectivity index (χ4v) is 2.09.